The van der Waals surface area contributed by atoms with Crippen LogP contribution in [-0.2, 0) is 6.54 Å². The summed E-state index contributed by atoms with van der Waals surface area (Å²) < 4.78 is 3.50. The molecule has 0 spiro atoms. The molecule has 8 nitrogen and oxygen atoms in total. The number of hydrogen-bond acceptors (Lipinski definition) is 6. The summed E-state index contributed by atoms with van der Waals surface area (Å²) in [5.41, 5.74) is 2.03. The molecule has 24 heavy (non-hydrogen) atoms. The lowest BCUT2D eigenvalue weighted by Crippen LogP contribution is -2.20. The first-order valence-corrected chi connectivity index (χ1v) is 7.61. The number of rotatable bonds is 5. The quantitative estimate of drug-likeness (QED) is 0.604. The summed E-state index contributed by atoms with van der Waals surface area (Å²) in [6.45, 7) is 2.58. The normalized spacial score (nSPS) is 12.4. The van der Waals surface area contributed by atoms with Crippen molar-refractivity contribution < 1.29 is 0 Å². The number of aryl methyl sites for hydroxylation is 1. The maximum absolute atomic E-state index is 4.37. The maximum atomic E-state index is 4.37. The minimum absolute atomic E-state index is 0.00194. The van der Waals surface area contributed by atoms with Gasteiger partial charge in [-0.15, -0.1) is 0 Å². The molecule has 1 N–H and O–H groups in total. The van der Waals surface area contributed by atoms with E-state index >= 15 is 0 Å². The lowest BCUT2D eigenvalue weighted by atomic mass is 10.1. The fraction of sp³-hybridized carbons (Fsp3) is 0.188. The Morgan fingerprint density at radius 1 is 1.12 bits per heavy atom. The van der Waals surface area contributed by atoms with Crippen LogP contribution in [0.25, 0.3) is 5.78 Å². The lowest BCUT2D eigenvalue weighted by molar-refractivity contribution is 0.547. The van der Waals surface area contributed by atoms with Crippen LogP contribution in [-0.4, -0.2) is 34.3 Å². The number of nitrogens with zero attached hydrogens (tertiary/aromatic N) is 7. The highest BCUT2D eigenvalue weighted by Gasteiger charge is 2.15. The monoisotopic (exact) mass is 320 g/mol. The van der Waals surface area contributed by atoms with Gasteiger partial charge in [-0.25, -0.2) is 9.97 Å². The molecule has 3 aromatic heterocycles. The van der Waals surface area contributed by atoms with E-state index in [0.717, 1.165) is 17.1 Å². The van der Waals surface area contributed by atoms with Gasteiger partial charge < -0.3 is 5.32 Å². The second-order valence-electron chi connectivity index (χ2n) is 5.48. The Balaban J connectivity index is 1.72. The molecule has 120 valence electrons. The molecule has 1 aromatic carbocycles. The fourth-order valence-electron chi connectivity index (χ4n) is 2.65. The predicted molar refractivity (Wildman–Crippen MR) is 88.3 cm³/mol. The molecule has 0 aliphatic rings. The van der Waals surface area contributed by atoms with Crippen molar-refractivity contribution in [2.24, 2.45) is 0 Å². The standard InChI is InChI=1S/C16H16N8/c1-12-7-15(24-16(21-12)18-10-20-24)22-14(8-23-11-17-9-19-23)13-5-3-2-4-6-13/h2-7,9-11,14,22H,8H2,1H3/t14-/m1/s1. The van der Waals surface area contributed by atoms with Gasteiger partial charge in [0, 0.05) is 11.8 Å². The number of hydrogen-bond donors (Lipinski definition) is 1. The number of nitrogens with one attached hydrogen (secondary N) is 1. The van der Waals surface area contributed by atoms with E-state index in [2.05, 4.69) is 42.6 Å². The Morgan fingerprint density at radius 3 is 2.79 bits per heavy atom. The van der Waals surface area contributed by atoms with Crippen LogP contribution in [0.5, 0.6) is 0 Å². The SMILES string of the molecule is Cc1cc(N[C@H](Cn2cncn2)c2ccccc2)n2ncnc2n1. The summed E-state index contributed by atoms with van der Waals surface area (Å²) in [5.74, 6) is 1.41. The summed E-state index contributed by atoms with van der Waals surface area (Å²) in [7, 11) is 0. The molecular formula is C16H16N8. The van der Waals surface area contributed by atoms with Crippen molar-refractivity contribution in [1.29, 1.82) is 0 Å². The molecule has 0 saturated carbocycles. The van der Waals surface area contributed by atoms with E-state index in [9.17, 15) is 0 Å². The van der Waals surface area contributed by atoms with Gasteiger partial charge in [-0.2, -0.15) is 19.7 Å². The van der Waals surface area contributed by atoms with Crippen LogP contribution in [0.1, 0.15) is 17.3 Å². The van der Waals surface area contributed by atoms with E-state index in [-0.39, 0.29) is 6.04 Å². The van der Waals surface area contributed by atoms with Crippen molar-refractivity contribution in [1.82, 2.24) is 34.3 Å². The van der Waals surface area contributed by atoms with Crippen molar-refractivity contribution in [2.45, 2.75) is 19.5 Å². The zero-order valence-electron chi connectivity index (χ0n) is 13.1. The van der Waals surface area contributed by atoms with Crippen LogP contribution in [0.2, 0.25) is 0 Å². The molecule has 0 aliphatic carbocycles. The zero-order chi connectivity index (χ0) is 16.4. The predicted octanol–water partition coefficient (Wildman–Crippen LogP) is 1.88. The first-order valence-electron chi connectivity index (χ1n) is 7.61. The Bertz CT molecular complexity index is 929. The third-order valence-corrected chi connectivity index (χ3v) is 3.74. The summed E-state index contributed by atoms with van der Waals surface area (Å²) in [6.07, 6.45) is 4.75. The Labute approximate surface area is 138 Å². The highest BCUT2D eigenvalue weighted by atomic mass is 15.4. The van der Waals surface area contributed by atoms with E-state index < -0.39 is 0 Å². The van der Waals surface area contributed by atoms with Gasteiger partial charge in [0.05, 0.1) is 12.6 Å². The van der Waals surface area contributed by atoms with Crippen LogP contribution in [0.3, 0.4) is 0 Å². The molecule has 8 heteroatoms. The fourth-order valence-corrected chi connectivity index (χ4v) is 2.65. The number of aromatic nitrogens is 7. The van der Waals surface area contributed by atoms with Crippen molar-refractivity contribution in [3.05, 3.63) is 66.6 Å². The van der Waals surface area contributed by atoms with Crippen molar-refractivity contribution in [3.8, 4) is 0 Å². The molecule has 0 unspecified atom stereocenters. The molecule has 0 radical (unpaired) electrons. The van der Waals surface area contributed by atoms with Crippen LogP contribution < -0.4 is 5.32 Å². The van der Waals surface area contributed by atoms with Gasteiger partial charge in [-0.1, -0.05) is 30.3 Å². The van der Waals surface area contributed by atoms with E-state index in [1.165, 1.54) is 12.7 Å². The first kappa shape index (κ1) is 14.3. The van der Waals surface area contributed by atoms with Crippen molar-refractivity contribution >= 4 is 11.6 Å². The molecule has 0 saturated heterocycles. The summed E-state index contributed by atoms with van der Waals surface area (Å²) >= 11 is 0. The molecular weight excluding hydrogens is 304 g/mol. The smallest absolute Gasteiger partial charge is 0.254 e. The third-order valence-electron chi connectivity index (χ3n) is 3.74. The Hall–Kier alpha value is -3.29. The minimum atomic E-state index is 0.00194. The summed E-state index contributed by atoms with van der Waals surface area (Å²) in [4.78, 5) is 12.6. The van der Waals surface area contributed by atoms with Crippen molar-refractivity contribution in [3.63, 3.8) is 0 Å². The van der Waals surface area contributed by atoms with Gasteiger partial charge in [0.25, 0.3) is 5.78 Å². The van der Waals surface area contributed by atoms with E-state index in [1.54, 1.807) is 15.5 Å². The maximum Gasteiger partial charge on any atom is 0.254 e. The average Bonchev–Trinajstić information content (AvgIpc) is 3.26. The van der Waals surface area contributed by atoms with Crippen LogP contribution in [0.4, 0.5) is 5.82 Å². The molecule has 0 amide bonds. The molecule has 0 fully saturated rings. The number of fused-ring (bicyclic) bond motifs is 1. The van der Waals surface area contributed by atoms with E-state index in [0.29, 0.717) is 12.3 Å². The molecule has 3 heterocycles. The molecule has 4 rings (SSSR count). The highest BCUT2D eigenvalue weighted by Crippen LogP contribution is 2.21. The van der Waals surface area contributed by atoms with Gasteiger partial charge in [0.15, 0.2) is 0 Å². The number of anilines is 1. The molecule has 0 bridgehead atoms. The van der Waals surface area contributed by atoms with Crippen LogP contribution >= 0.6 is 0 Å². The first-order chi connectivity index (χ1) is 11.8. The van der Waals surface area contributed by atoms with Gasteiger partial charge in [-0.05, 0) is 12.5 Å². The Morgan fingerprint density at radius 2 is 2.00 bits per heavy atom. The highest BCUT2D eigenvalue weighted by molar-refractivity contribution is 5.46. The zero-order valence-corrected chi connectivity index (χ0v) is 13.1. The number of benzene rings is 1. The molecule has 0 aliphatic heterocycles. The molecule has 1 atom stereocenters. The van der Waals surface area contributed by atoms with Gasteiger partial charge >= 0.3 is 0 Å². The minimum Gasteiger partial charge on any atom is -0.361 e. The van der Waals surface area contributed by atoms with Crippen LogP contribution in [0.15, 0.2) is 55.4 Å². The second-order valence-corrected chi connectivity index (χ2v) is 5.48. The summed E-state index contributed by atoms with van der Waals surface area (Å²) in [5, 5.41) is 12.0. The van der Waals surface area contributed by atoms with Gasteiger partial charge in [-0.3, -0.25) is 4.68 Å². The van der Waals surface area contributed by atoms with Crippen LogP contribution in [0, 0.1) is 6.92 Å². The summed E-state index contributed by atoms with van der Waals surface area (Å²) in [6, 6.07) is 12.2. The molecule has 4 aromatic rings. The van der Waals surface area contributed by atoms with E-state index in [1.807, 2.05) is 31.2 Å². The Kier molecular flexibility index (Phi) is 3.62. The van der Waals surface area contributed by atoms with E-state index in [4.69, 9.17) is 0 Å². The topological polar surface area (TPSA) is 85.8 Å². The second kappa shape index (κ2) is 6.07. The van der Waals surface area contributed by atoms with Crippen molar-refractivity contribution in [2.75, 3.05) is 5.32 Å². The van der Waals surface area contributed by atoms with Gasteiger partial charge in [0.1, 0.15) is 24.8 Å². The lowest BCUT2D eigenvalue weighted by Gasteiger charge is -2.20. The van der Waals surface area contributed by atoms with Gasteiger partial charge in [0.2, 0.25) is 0 Å². The largest absolute Gasteiger partial charge is 0.361 e. The average molecular weight is 320 g/mol. The third kappa shape index (κ3) is 2.81.